The molecule has 8 nitrogen and oxygen atoms in total. The zero-order valence-electron chi connectivity index (χ0n) is 23.9. The molecule has 0 unspecified atom stereocenters. The standard InChI is InChI=1S/C32H41N3O5/c1-4-5-6-7-12-26-31-28(24-10-8-9-11-25(24)33-26)29(30(36)38-3)32(40-31,35-17-19-39-20-18-35)27(34-31)21-22-13-15-23(37-2)16-14-22/h8-11,13-16,26,28-29,33H,4-7,12,17-21H2,1-3H3/t26-,28+,29-,31+,32+/m0/s1. The molecule has 8 heteroatoms. The third-order valence-corrected chi connectivity index (χ3v) is 9.18. The first-order valence-corrected chi connectivity index (χ1v) is 14.8. The molecule has 2 aromatic carbocycles. The predicted molar refractivity (Wildman–Crippen MR) is 154 cm³/mol. The van der Waals surface area contributed by atoms with Crippen molar-refractivity contribution in [3.8, 4) is 5.75 Å². The molecule has 1 spiro atoms. The highest BCUT2D eigenvalue weighted by Gasteiger charge is 2.76. The summed E-state index contributed by atoms with van der Waals surface area (Å²) in [5, 5.41) is 3.82. The van der Waals surface area contributed by atoms with Crippen LogP contribution in [0.2, 0.25) is 0 Å². The minimum absolute atomic E-state index is 0.0623. The average molecular weight is 548 g/mol. The summed E-state index contributed by atoms with van der Waals surface area (Å²) in [5.74, 6) is -0.246. The van der Waals surface area contributed by atoms with Crippen molar-refractivity contribution >= 4 is 17.4 Å². The van der Waals surface area contributed by atoms with Crippen molar-refractivity contribution < 1.29 is 23.7 Å². The summed E-state index contributed by atoms with van der Waals surface area (Å²) in [6.07, 6.45) is 6.11. The molecule has 214 valence electrons. The monoisotopic (exact) mass is 547 g/mol. The highest BCUT2D eigenvalue weighted by molar-refractivity contribution is 6.02. The zero-order valence-corrected chi connectivity index (χ0v) is 23.9. The second-order valence-corrected chi connectivity index (χ2v) is 11.3. The third-order valence-electron chi connectivity index (χ3n) is 9.18. The number of aliphatic imine (C=N–C) groups is 1. The Morgan fingerprint density at radius 2 is 1.85 bits per heavy atom. The maximum Gasteiger partial charge on any atom is 0.314 e. The Labute approximate surface area is 237 Å². The lowest BCUT2D eigenvalue weighted by Crippen LogP contribution is -2.63. The average Bonchev–Trinajstić information content (AvgIpc) is 3.50. The van der Waals surface area contributed by atoms with Crippen LogP contribution in [0.4, 0.5) is 5.69 Å². The van der Waals surface area contributed by atoms with Gasteiger partial charge in [0.25, 0.3) is 0 Å². The van der Waals surface area contributed by atoms with Gasteiger partial charge in [-0.15, -0.1) is 0 Å². The van der Waals surface area contributed by atoms with Gasteiger partial charge in [0.15, 0.2) is 11.4 Å². The Kier molecular flexibility index (Phi) is 7.59. The van der Waals surface area contributed by atoms with Gasteiger partial charge in [0.05, 0.1) is 45.1 Å². The minimum atomic E-state index is -1.01. The topological polar surface area (TPSA) is 81.6 Å². The Morgan fingerprint density at radius 1 is 1.07 bits per heavy atom. The Balaban J connectivity index is 1.50. The summed E-state index contributed by atoms with van der Waals surface area (Å²) in [6, 6.07) is 16.3. The van der Waals surface area contributed by atoms with E-state index in [4.69, 9.17) is 23.9 Å². The van der Waals surface area contributed by atoms with Crippen molar-refractivity contribution in [2.24, 2.45) is 10.9 Å². The fourth-order valence-electron chi connectivity index (χ4n) is 7.34. The molecule has 0 aromatic heterocycles. The first-order valence-electron chi connectivity index (χ1n) is 14.8. The number of nitrogens with one attached hydrogen (secondary N) is 1. The number of esters is 1. The number of fused-ring (bicyclic) bond motifs is 3. The number of unbranched alkanes of at least 4 members (excludes halogenated alkanes) is 3. The van der Waals surface area contributed by atoms with Gasteiger partial charge in [0, 0.05) is 25.2 Å². The maximum absolute atomic E-state index is 13.9. The van der Waals surface area contributed by atoms with Crippen LogP contribution in [0.25, 0.3) is 0 Å². The highest BCUT2D eigenvalue weighted by Crippen LogP contribution is 2.64. The molecular weight excluding hydrogens is 506 g/mol. The van der Waals surface area contributed by atoms with Gasteiger partial charge in [-0.2, -0.15) is 0 Å². The molecule has 5 atom stereocenters. The van der Waals surface area contributed by atoms with E-state index in [-0.39, 0.29) is 17.9 Å². The lowest BCUT2D eigenvalue weighted by Gasteiger charge is -2.46. The SMILES string of the molecule is CCCCCC[C@@H]1Nc2ccccc2[C@@H]2[C@@H](C(=O)OC)[C@]3(N4CCOCC4)O[C@]12N=C3Cc1ccc(OC)cc1. The molecule has 4 aliphatic heterocycles. The van der Waals surface area contributed by atoms with E-state index in [1.54, 1.807) is 7.11 Å². The lowest BCUT2D eigenvalue weighted by atomic mass is 9.67. The van der Waals surface area contributed by atoms with Gasteiger partial charge in [-0.25, -0.2) is 0 Å². The van der Waals surface area contributed by atoms with E-state index in [0.29, 0.717) is 32.7 Å². The third kappa shape index (κ3) is 4.32. The molecule has 2 fully saturated rings. The fraction of sp³-hybridized carbons (Fsp3) is 0.562. The molecule has 4 heterocycles. The number of carbonyl (C=O) groups is 1. The van der Waals surface area contributed by atoms with Crippen LogP contribution in [0.5, 0.6) is 5.75 Å². The number of hydrogen-bond donors (Lipinski definition) is 1. The van der Waals surface area contributed by atoms with Crippen LogP contribution >= 0.6 is 0 Å². The fourth-order valence-corrected chi connectivity index (χ4v) is 7.34. The number of ether oxygens (including phenoxy) is 4. The first kappa shape index (κ1) is 27.2. The highest BCUT2D eigenvalue weighted by atomic mass is 16.6. The van der Waals surface area contributed by atoms with Crippen LogP contribution in [0.15, 0.2) is 53.5 Å². The van der Waals surface area contributed by atoms with Crippen molar-refractivity contribution in [3.63, 3.8) is 0 Å². The molecule has 0 saturated carbocycles. The minimum Gasteiger partial charge on any atom is -0.497 e. The van der Waals surface area contributed by atoms with E-state index in [1.807, 2.05) is 18.2 Å². The molecule has 2 saturated heterocycles. The molecule has 2 bridgehead atoms. The first-order chi connectivity index (χ1) is 19.6. The molecule has 2 aromatic rings. The van der Waals surface area contributed by atoms with E-state index in [9.17, 15) is 4.79 Å². The number of para-hydroxylation sites is 1. The molecule has 0 aliphatic carbocycles. The predicted octanol–water partition coefficient (Wildman–Crippen LogP) is 4.78. The van der Waals surface area contributed by atoms with Gasteiger partial charge in [-0.1, -0.05) is 62.9 Å². The van der Waals surface area contributed by atoms with E-state index in [0.717, 1.165) is 47.5 Å². The maximum atomic E-state index is 13.9. The zero-order chi connectivity index (χ0) is 27.7. The quantitative estimate of drug-likeness (QED) is 0.339. The summed E-state index contributed by atoms with van der Waals surface area (Å²) in [4.78, 5) is 21.8. The molecule has 6 rings (SSSR count). The van der Waals surface area contributed by atoms with E-state index in [1.165, 1.54) is 20.0 Å². The summed E-state index contributed by atoms with van der Waals surface area (Å²) in [6.45, 7) is 4.72. The number of benzene rings is 2. The molecular formula is C32H41N3O5. The van der Waals surface area contributed by atoms with Crippen molar-refractivity contribution in [1.82, 2.24) is 4.90 Å². The number of anilines is 1. The van der Waals surface area contributed by atoms with Gasteiger partial charge in [-0.05, 0) is 35.7 Å². The van der Waals surface area contributed by atoms with E-state index < -0.39 is 17.4 Å². The number of morpholine rings is 1. The van der Waals surface area contributed by atoms with Crippen LogP contribution < -0.4 is 10.1 Å². The second kappa shape index (κ2) is 11.1. The lowest BCUT2D eigenvalue weighted by molar-refractivity contribution is -0.175. The molecule has 40 heavy (non-hydrogen) atoms. The molecule has 4 aliphatic rings. The summed E-state index contributed by atoms with van der Waals surface area (Å²) < 4.78 is 24.1. The number of hydrogen-bond acceptors (Lipinski definition) is 8. The van der Waals surface area contributed by atoms with Crippen LogP contribution in [-0.2, 0) is 25.4 Å². The van der Waals surface area contributed by atoms with Gasteiger partial charge in [0.1, 0.15) is 11.7 Å². The number of methoxy groups -OCH3 is 2. The Hall–Kier alpha value is -2.94. The molecule has 0 amide bonds. The molecule has 0 radical (unpaired) electrons. The van der Waals surface area contributed by atoms with Crippen molar-refractivity contribution in [2.45, 2.75) is 68.9 Å². The van der Waals surface area contributed by atoms with Gasteiger partial charge < -0.3 is 24.3 Å². The molecule has 1 N–H and O–H groups in total. The van der Waals surface area contributed by atoms with Crippen LogP contribution in [0.3, 0.4) is 0 Å². The summed E-state index contributed by atoms with van der Waals surface area (Å²) in [5.41, 5.74) is 2.22. The van der Waals surface area contributed by atoms with Crippen LogP contribution in [-0.4, -0.2) is 74.6 Å². The smallest absolute Gasteiger partial charge is 0.314 e. The van der Waals surface area contributed by atoms with Crippen molar-refractivity contribution in [1.29, 1.82) is 0 Å². The van der Waals surface area contributed by atoms with Crippen molar-refractivity contribution in [2.75, 3.05) is 45.8 Å². The second-order valence-electron chi connectivity index (χ2n) is 11.3. The van der Waals surface area contributed by atoms with Gasteiger partial charge in [0.2, 0.25) is 0 Å². The van der Waals surface area contributed by atoms with Crippen LogP contribution in [0.1, 0.15) is 56.1 Å². The van der Waals surface area contributed by atoms with E-state index in [2.05, 4.69) is 47.5 Å². The normalized spacial score (nSPS) is 30.7. The number of carbonyl (C=O) groups excluding carboxylic acids is 1. The Bertz CT molecular complexity index is 1240. The van der Waals surface area contributed by atoms with Gasteiger partial charge in [-0.3, -0.25) is 14.7 Å². The van der Waals surface area contributed by atoms with E-state index >= 15 is 0 Å². The number of rotatable bonds is 10. The summed E-state index contributed by atoms with van der Waals surface area (Å²) in [7, 11) is 3.16. The van der Waals surface area contributed by atoms with Crippen LogP contribution in [0, 0.1) is 5.92 Å². The number of nitrogens with zero attached hydrogens (tertiary/aromatic N) is 2. The largest absolute Gasteiger partial charge is 0.497 e. The van der Waals surface area contributed by atoms with Gasteiger partial charge >= 0.3 is 5.97 Å². The Morgan fingerprint density at radius 3 is 2.58 bits per heavy atom. The van der Waals surface area contributed by atoms with Crippen molar-refractivity contribution in [3.05, 3.63) is 59.7 Å². The summed E-state index contributed by atoms with van der Waals surface area (Å²) >= 11 is 0.